The third-order valence-electron chi connectivity index (χ3n) is 6.52. The molecule has 5 rings (SSSR count). The van der Waals surface area contributed by atoms with Crippen molar-refractivity contribution in [3.05, 3.63) is 82.9 Å². The van der Waals surface area contributed by atoms with Crippen molar-refractivity contribution in [2.45, 2.75) is 19.1 Å². The fraction of sp³-hybridized carbons (Fsp3) is 0.259. The van der Waals surface area contributed by atoms with E-state index in [9.17, 15) is 26.7 Å². The van der Waals surface area contributed by atoms with E-state index >= 15 is 0 Å². The number of amides is 1. The molecule has 1 fully saturated rings. The standard InChI is InChI=1S/C27H22F5N3O3/c1-15-14-34(10-11-35(15)26(36)24-19(28)4-3-5-20(24)29)25-18-13-17(37-2)7-9-22(18)38-23-8-6-16(27(30,31)32)12-21(23)33-25/h3-9,12-13,15H,10-11,14H2,1-2H3. The monoisotopic (exact) mass is 531 g/mol. The van der Waals surface area contributed by atoms with Crippen molar-refractivity contribution in [1.82, 2.24) is 9.80 Å². The quantitative estimate of drug-likeness (QED) is 0.380. The number of benzene rings is 3. The average molecular weight is 531 g/mol. The molecule has 198 valence electrons. The van der Waals surface area contributed by atoms with Crippen molar-refractivity contribution in [1.29, 1.82) is 0 Å². The Labute approximate surface area is 214 Å². The number of hydrogen-bond donors (Lipinski definition) is 0. The highest BCUT2D eigenvalue weighted by Gasteiger charge is 2.35. The number of carbonyl (C=O) groups is 1. The minimum atomic E-state index is -4.57. The van der Waals surface area contributed by atoms with Gasteiger partial charge in [0.2, 0.25) is 0 Å². The minimum absolute atomic E-state index is 0.00965. The molecule has 11 heteroatoms. The van der Waals surface area contributed by atoms with Crippen LogP contribution in [-0.2, 0) is 6.18 Å². The largest absolute Gasteiger partial charge is 0.497 e. The predicted molar refractivity (Wildman–Crippen MR) is 129 cm³/mol. The molecule has 2 aliphatic rings. The summed E-state index contributed by atoms with van der Waals surface area (Å²) < 4.78 is 80.1. The highest BCUT2D eigenvalue weighted by Crippen LogP contribution is 2.42. The van der Waals surface area contributed by atoms with Crippen molar-refractivity contribution in [2.24, 2.45) is 4.99 Å². The number of halogens is 5. The van der Waals surface area contributed by atoms with Gasteiger partial charge in [0.25, 0.3) is 5.91 Å². The molecule has 3 aromatic rings. The first kappa shape index (κ1) is 25.5. The molecule has 0 saturated carbocycles. The molecule has 0 aliphatic carbocycles. The summed E-state index contributed by atoms with van der Waals surface area (Å²) in [5, 5.41) is 0. The third kappa shape index (κ3) is 4.64. The molecule has 0 aromatic heterocycles. The lowest BCUT2D eigenvalue weighted by Gasteiger charge is -2.41. The lowest BCUT2D eigenvalue weighted by molar-refractivity contribution is -0.137. The number of fused-ring (bicyclic) bond motifs is 2. The Morgan fingerprint density at radius 1 is 1.03 bits per heavy atom. The number of ether oxygens (including phenoxy) is 2. The SMILES string of the molecule is COc1ccc2c(c1)C(N1CCN(C(=O)c3c(F)cccc3F)C(C)C1)=Nc1cc(C(F)(F)F)ccc1O2. The van der Waals surface area contributed by atoms with E-state index in [2.05, 4.69) is 4.99 Å². The topological polar surface area (TPSA) is 54.4 Å². The van der Waals surface area contributed by atoms with Gasteiger partial charge < -0.3 is 19.3 Å². The molecule has 1 saturated heterocycles. The third-order valence-corrected chi connectivity index (χ3v) is 6.52. The van der Waals surface area contributed by atoms with E-state index in [4.69, 9.17) is 9.47 Å². The van der Waals surface area contributed by atoms with Crippen LogP contribution in [0.5, 0.6) is 17.2 Å². The van der Waals surface area contributed by atoms with Gasteiger partial charge in [-0.05, 0) is 55.5 Å². The summed E-state index contributed by atoms with van der Waals surface area (Å²) in [7, 11) is 1.48. The number of piperazine rings is 1. The normalized spacial score (nSPS) is 17.1. The van der Waals surface area contributed by atoms with Gasteiger partial charge in [0.05, 0.1) is 18.2 Å². The lowest BCUT2D eigenvalue weighted by Crippen LogP contribution is -2.55. The molecular formula is C27H22F5N3O3. The Morgan fingerprint density at radius 2 is 1.74 bits per heavy atom. The molecule has 0 bridgehead atoms. The van der Waals surface area contributed by atoms with Crippen molar-refractivity contribution in [3.63, 3.8) is 0 Å². The molecule has 0 spiro atoms. The first-order valence-corrected chi connectivity index (χ1v) is 11.7. The van der Waals surface area contributed by atoms with E-state index in [0.717, 1.165) is 24.3 Å². The van der Waals surface area contributed by atoms with Crippen LogP contribution >= 0.6 is 0 Å². The van der Waals surface area contributed by atoms with E-state index in [0.29, 0.717) is 22.9 Å². The summed E-state index contributed by atoms with van der Waals surface area (Å²) in [5.41, 5.74) is -1.02. The van der Waals surface area contributed by atoms with Crippen molar-refractivity contribution >= 4 is 17.4 Å². The number of carbonyl (C=O) groups excluding carboxylic acids is 1. The summed E-state index contributed by atoms with van der Waals surface area (Å²) >= 11 is 0. The maximum atomic E-state index is 14.3. The van der Waals surface area contributed by atoms with E-state index < -0.39 is 40.9 Å². The van der Waals surface area contributed by atoms with Crippen LogP contribution in [0, 0.1) is 11.6 Å². The first-order chi connectivity index (χ1) is 18.1. The van der Waals surface area contributed by atoms with Gasteiger partial charge >= 0.3 is 6.18 Å². The highest BCUT2D eigenvalue weighted by atomic mass is 19.4. The van der Waals surface area contributed by atoms with Crippen LogP contribution in [-0.4, -0.2) is 54.3 Å². The van der Waals surface area contributed by atoms with Gasteiger partial charge in [0, 0.05) is 25.7 Å². The van der Waals surface area contributed by atoms with Gasteiger partial charge in [-0.15, -0.1) is 0 Å². The van der Waals surface area contributed by atoms with E-state index in [1.807, 2.05) is 4.90 Å². The van der Waals surface area contributed by atoms with E-state index in [1.165, 1.54) is 24.1 Å². The molecule has 0 N–H and O–H groups in total. The molecule has 6 nitrogen and oxygen atoms in total. The van der Waals surface area contributed by atoms with Crippen molar-refractivity contribution in [2.75, 3.05) is 26.7 Å². The molecular weight excluding hydrogens is 509 g/mol. The smallest absolute Gasteiger partial charge is 0.416 e. The van der Waals surface area contributed by atoms with Crippen LogP contribution in [0.3, 0.4) is 0 Å². The Bertz CT molecular complexity index is 1420. The first-order valence-electron chi connectivity index (χ1n) is 11.7. The van der Waals surface area contributed by atoms with Gasteiger partial charge in [-0.25, -0.2) is 13.8 Å². The molecule has 1 unspecified atom stereocenters. The number of hydrogen-bond acceptors (Lipinski definition) is 5. The Morgan fingerprint density at radius 3 is 2.39 bits per heavy atom. The zero-order chi connectivity index (χ0) is 27.2. The van der Waals surface area contributed by atoms with Crippen LogP contribution in [0.15, 0.2) is 59.6 Å². The summed E-state index contributed by atoms with van der Waals surface area (Å²) in [5.74, 6) is -1.35. The molecule has 2 aliphatic heterocycles. The fourth-order valence-electron chi connectivity index (χ4n) is 4.60. The summed E-state index contributed by atoms with van der Waals surface area (Å²) in [6.07, 6.45) is -4.57. The fourth-order valence-corrected chi connectivity index (χ4v) is 4.60. The van der Waals surface area contributed by atoms with Gasteiger partial charge in [-0.3, -0.25) is 4.79 Å². The molecule has 1 amide bonds. The van der Waals surface area contributed by atoms with Crippen molar-refractivity contribution < 1.29 is 36.2 Å². The van der Waals surface area contributed by atoms with Gasteiger partial charge in [-0.2, -0.15) is 13.2 Å². The molecule has 2 heterocycles. The van der Waals surface area contributed by atoms with Crippen LogP contribution in [0.1, 0.15) is 28.4 Å². The van der Waals surface area contributed by atoms with Gasteiger partial charge in [-0.1, -0.05) is 6.07 Å². The zero-order valence-corrected chi connectivity index (χ0v) is 20.4. The summed E-state index contributed by atoms with van der Waals surface area (Å²) in [6.45, 7) is 2.22. The molecule has 3 aromatic carbocycles. The average Bonchev–Trinajstić information content (AvgIpc) is 3.03. The van der Waals surface area contributed by atoms with Crippen LogP contribution in [0.2, 0.25) is 0 Å². The number of alkyl halides is 3. The van der Waals surface area contributed by atoms with Gasteiger partial charge in [0.1, 0.15) is 40.2 Å². The second kappa shape index (κ2) is 9.62. The van der Waals surface area contributed by atoms with Crippen molar-refractivity contribution in [3.8, 4) is 17.2 Å². The number of amidine groups is 1. The lowest BCUT2D eigenvalue weighted by atomic mass is 10.1. The summed E-state index contributed by atoms with van der Waals surface area (Å²) in [4.78, 5) is 20.8. The maximum absolute atomic E-state index is 14.3. The Kier molecular flexibility index (Phi) is 6.46. The second-order valence-electron chi connectivity index (χ2n) is 8.97. The molecule has 0 radical (unpaired) electrons. The summed E-state index contributed by atoms with van der Waals surface area (Å²) in [6, 6.07) is 10.8. The number of methoxy groups -OCH3 is 1. The highest BCUT2D eigenvalue weighted by molar-refractivity contribution is 6.04. The number of aliphatic imine (C=N–C) groups is 1. The Hall–Kier alpha value is -4.15. The zero-order valence-electron chi connectivity index (χ0n) is 20.4. The van der Waals surface area contributed by atoms with E-state index in [1.54, 1.807) is 25.1 Å². The Balaban J connectivity index is 1.52. The minimum Gasteiger partial charge on any atom is -0.497 e. The van der Waals surface area contributed by atoms with Crippen LogP contribution in [0.4, 0.5) is 27.6 Å². The predicted octanol–water partition coefficient (Wildman–Crippen LogP) is 6.02. The molecule has 1 atom stereocenters. The van der Waals surface area contributed by atoms with Crippen LogP contribution in [0.25, 0.3) is 0 Å². The number of rotatable bonds is 2. The number of nitrogens with zero attached hydrogens (tertiary/aromatic N) is 3. The van der Waals surface area contributed by atoms with Gasteiger partial charge in [0.15, 0.2) is 5.75 Å². The molecule has 38 heavy (non-hydrogen) atoms. The maximum Gasteiger partial charge on any atom is 0.416 e. The van der Waals surface area contributed by atoms with Crippen LogP contribution < -0.4 is 9.47 Å². The second-order valence-corrected chi connectivity index (χ2v) is 8.97. The van der Waals surface area contributed by atoms with E-state index in [-0.39, 0.29) is 31.1 Å².